The zero-order valence-electron chi connectivity index (χ0n) is 16.7. The van der Waals surface area contributed by atoms with Crippen LogP contribution in [0.4, 0.5) is 0 Å². The molecule has 0 saturated heterocycles. The van der Waals surface area contributed by atoms with Gasteiger partial charge in [-0.05, 0) is 60.9 Å². The molecule has 5 heteroatoms. The number of imidazole rings is 1. The first-order valence-corrected chi connectivity index (χ1v) is 10.8. The lowest BCUT2D eigenvalue weighted by Gasteiger charge is -2.36. The van der Waals surface area contributed by atoms with Crippen LogP contribution in [-0.2, 0) is 13.0 Å². The van der Waals surface area contributed by atoms with Crippen molar-refractivity contribution >= 4 is 11.6 Å². The molecule has 4 rings (SSSR count). The highest BCUT2D eigenvalue weighted by molar-refractivity contribution is 6.30. The molecular weight excluding hydrogens is 380 g/mol. The second-order valence-corrected chi connectivity index (χ2v) is 8.50. The molecule has 0 radical (unpaired) electrons. The summed E-state index contributed by atoms with van der Waals surface area (Å²) in [6.45, 7) is 1.52. The molecule has 2 aromatic carbocycles. The van der Waals surface area contributed by atoms with Gasteiger partial charge in [0.05, 0.1) is 0 Å². The predicted molar refractivity (Wildman–Crippen MR) is 119 cm³/mol. The van der Waals surface area contributed by atoms with Gasteiger partial charge in [-0.25, -0.2) is 4.98 Å². The maximum atomic E-state index is 6.20. The number of rotatable bonds is 7. The third-order valence-corrected chi connectivity index (χ3v) is 6.27. The van der Waals surface area contributed by atoms with E-state index in [2.05, 4.69) is 51.7 Å². The third-order valence-electron chi connectivity index (χ3n) is 6.04. The van der Waals surface area contributed by atoms with Gasteiger partial charge in [-0.2, -0.15) is 0 Å². The van der Waals surface area contributed by atoms with Crippen molar-refractivity contribution in [3.05, 3.63) is 88.5 Å². The minimum Gasteiger partial charge on any atom is -0.345 e. The van der Waals surface area contributed by atoms with E-state index in [-0.39, 0.29) is 0 Å². The van der Waals surface area contributed by atoms with Crippen LogP contribution in [0.3, 0.4) is 0 Å². The largest absolute Gasteiger partial charge is 0.345 e. The third kappa shape index (κ3) is 5.27. The summed E-state index contributed by atoms with van der Waals surface area (Å²) in [5.74, 6) is 1.99. The van der Waals surface area contributed by atoms with Crippen molar-refractivity contribution in [2.75, 3.05) is 6.54 Å². The molecule has 3 aromatic rings. The molecule has 152 valence electrons. The van der Waals surface area contributed by atoms with Gasteiger partial charge in [0.2, 0.25) is 0 Å². The first-order valence-electron chi connectivity index (χ1n) is 10.5. The topological polar surface area (TPSA) is 66.7 Å². The number of H-pyrrole nitrogens is 1. The Kier molecular flexibility index (Phi) is 6.65. The predicted octanol–water partition coefficient (Wildman–Crippen LogP) is 4.65. The Morgan fingerprint density at radius 3 is 2.76 bits per heavy atom. The zero-order valence-corrected chi connectivity index (χ0v) is 17.4. The highest BCUT2D eigenvalue weighted by Crippen LogP contribution is 2.38. The summed E-state index contributed by atoms with van der Waals surface area (Å²) < 4.78 is 0. The summed E-state index contributed by atoms with van der Waals surface area (Å²) in [6, 6.07) is 19.2. The van der Waals surface area contributed by atoms with Gasteiger partial charge in [-0.1, -0.05) is 54.1 Å². The number of benzene rings is 2. The molecule has 3 unspecified atom stereocenters. The zero-order chi connectivity index (χ0) is 20.1. The number of hydrogen-bond donors (Lipinski definition) is 3. The molecular formula is C24H29ClN4. The first kappa shape index (κ1) is 20.1. The van der Waals surface area contributed by atoms with Gasteiger partial charge in [-0.3, -0.25) is 0 Å². The van der Waals surface area contributed by atoms with Crippen LogP contribution in [0.5, 0.6) is 0 Å². The van der Waals surface area contributed by atoms with Gasteiger partial charge < -0.3 is 16.0 Å². The summed E-state index contributed by atoms with van der Waals surface area (Å²) in [7, 11) is 0. The maximum absolute atomic E-state index is 6.20. The van der Waals surface area contributed by atoms with Gasteiger partial charge in [0.1, 0.15) is 5.82 Å². The molecule has 1 aliphatic rings. The van der Waals surface area contributed by atoms with E-state index in [9.17, 15) is 0 Å². The van der Waals surface area contributed by atoms with Gasteiger partial charge in [0.15, 0.2) is 0 Å². The Hall–Kier alpha value is -2.14. The van der Waals surface area contributed by atoms with E-state index >= 15 is 0 Å². The van der Waals surface area contributed by atoms with E-state index < -0.39 is 0 Å². The summed E-state index contributed by atoms with van der Waals surface area (Å²) in [5.41, 5.74) is 9.87. The second-order valence-electron chi connectivity index (χ2n) is 8.07. The number of aromatic amines is 1. The number of nitrogens with two attached hydrogens (primary N) is 1. The molecule has 1 fully saturated rings. The van der Waals surface area contributed by atoms with Gasteiger partial charge in [-0.15, -0.1) is 0 Å². The Balaban J connectivity index is 1.31. The van der Waals surface area contributed by atoms with Crippen molar-refractivity contribution in [1.82, 2.24) is 15.3 Å². The number of halogens is 1. The Morgan fingerprint density at radius 2 is 1.97 bits per heavy atom. The molecule has 4 N–H and O–H groups in total. The van der Waals surface area contributed by atoms with E-state index in [1.807, 2.05) is 24.4 Å². The fourth-order valence-electron chi connectivity index (χ4n) is 4.51. The van der Waals surface area contributed by atoms with Crippen molar-refractivity contribution in [3.8, 4) is 0 Å². The van der Waals surface area contributed by atoms with Crippen molar-refractivity contribution in [2.45, 2.75) is 44.2 Å². The Bertz CT molecular complexity index is 908. The minimum atomic E-state index is 0.482. The number of aromatic nitrogens is 2. The molecule has 3 atom stereocenters. The van der Waals surface area contributed by atoms with E-state index in [1.165, 1.54) is 11.1 Å². The first-order chi connectivity index (χ1) is 14.2. The molecule has 1 aromatic heterocycles. The number of nitrogens with zero attached hydrogens (tertiary/aromatic N) is 1. The molecule has 0 amide bonds. The average molecular weight is 409 g/mol. The van der Waals surface area contributed by atoms with Crippen LogP contribution in [0.2, 0.25) is 5.02 Å². The van der Waals surface area contributed by atoms with E-state index in [1.54, 1.807) is 0 Å². The van der Waals surface area contributed by atoms with Crippen molar-refractivity contribution in [2.24, 2.45) is 11.7 Å². The summed E-state index contributed by atoms with van der Waals surface area (Å²) >= 11 is 6.20. The normalized spacial score (nSPS) is 21.9. The summed E-state index contributed by atoms with van der Waals surface area (Å²) in [4.78, 5) is 7.99. The second kappa shape index (κ2) is 9.57. The Labute approximate surface area is 177 Å². The lowest BCUT2D eigenvalue weighted by Crippen LogP contribution is -2.39. The highest BCUT2D eigenvalue weighted by Gasteiger charge is 2.30. The lowest BCUT2D eigenvalue weighted by atomic mass is 9.73. The van der Waals surface area contributed by atoms with E-state index in [0.29, 0.717) is 24.4 Å². The summed E-state index contributed by atoms with van der Waals surface area (Å²) in [6.07, 6.45) is 6.17. The number of nitrogens with one attached hydrogen (secondary N) is 2. The fraction of sp³-hybridized carbons (Fsp3) is 0.375. The number of hydrogen-bond acceptors (Lipinski definition) is 3. The van der Waals surface area contributed by atoms with Crippen molar-refractivity contribution < 1.29 is 0 Å². The molecule has 0 aliphatic heterocycles. The molecule has 0 spiro atoms. The van der Waals surface area contributed by atoms with Crippen LogP contribution in [0.15, 0.2) is 60.8 Å². The quantitative estimate of drug-likeness (QED) is 0.532. The van der Waals surface area contributed by atoms with Crippen molar-refractivity contribution in [1.29, 1.82) is 0 Å². The van der Waals surface area contributed by atoms with Crippen LogP contribution >= 0.6 is 11.6 Å². The molecule has 4 nitrogen and oxygen atoms in total. The Morgan fingerprint density at radius 1 is 1.10 bits per heavy atom. The van der Waals surface area contributed by atoms with Crippen LogP contribution in [0.1, 0.15) is 47.8 Å². The fourth-order valence-corrected chi connectivity index (χ4v) is 4.71. The van der Waals surface area contributed by atoms with Gasteiger partial charge in [0, 0.05) is 35.9 Å². The van der Waals surface area contributed by atoms with Crippen LogP contribution in [-0.4, -0.2) is 22.6 Å². The molecule has 1 heterocycles. The van der Waals surface area contributed by atoms with E-state index in [0.717, 1.165) is 48.8 Å². The SMILES string of the molecule is NCC1CC(NCc2cnc(Cc3ccccc3)[nH]2)CCC1c1cccc(Cl)c1. The maximum Gasteiger partial charge on any atom is 0.110 e. The molecule has 1 saturated carbocycles. The monoisotopic (exact) mass is 408 g/mol. The van der Waals surface area contributed by atoms with Gasteiger partial charge >= 0.3 is 0 Å². The summed E-state index contributed by atoms with van der Waals surface area (Å²) in [5, 5.41) is 4.52. The van der Waals surface area contributed by atoms with Crippen molar-refractivity contribution in [3.63, 3.8) is 0 Å². The molecule has 0 bridgehead atoms. The van der Waals surface area contributed by atoms with Crippen LogP contribution in [0, 0.1) is 5.92 Å². The standard InChI is InChI=1S/C24H29ClN4/c25-20-8-4-7-18(12-20)23-10-9-21(13-19(23)14-26)27-15-22-16-28-24(29-22)11-17-5-2-1-3-6-17/h1-8,12,16,19,21,23,27H,9-11,13-15,26H2,(H,28,29). The molecule has 1 aliphatic carbocycles. The van der Waals surface area contributed by atoms with Gasteiger partial charge in [0.25, 0.3) is 0 Å². The molecule has 29 heavy (non-hydrogen) atoms. The van der Waals surface area contributed by atoms with Crippen LogP contribution < -0.4 is 11.1 Å². The van der Waals surface area contributed by atoms with Crippen LogP contribution in [0.25, 0.3) is 0 Å². The minimum absolute atomic E-state index is 0.482. The van der Waals surface area contributed by atoms with E-state index in [4.69, 9.17) is 17.3 Å². The smallest absolute Gasteiger partial charge is 0.110 e. The average Bonchev–Trinajstić information content (AvgIpc) is 3.20. The lowest BCUT2D eigenvalue weighted by molar-refractivity contribution is 0.253. The highest BCUT2D eigenvalue weighted by atomic mass is 35.5.